The second-order valence-corrected chi connectivity index (χ2v) is 14.4. The van der Waals surface area contributed by atoms with E-state index in [1.54, 1.807) is 51.7 Å². The summed E-state index contributed by atoms with van der Waals surface area (Å²) in [5.41, 5.74) is -4.79. The molecule has 46 heavy (non-hydrogen) atoms. The van der Waals surface area contributed by atoms with Crippen molar-refractivity contribution in [1.82, 2.24) is 4.90 Å². The number of carbonyl (C=O) groups is 2. The first kappa shape index (κ1) is 32.4. The lowest BCUT2D eigenvalue weighted by molar-refractivity contribution is -0.322. The maximum Gasteiger partial charge on any atom is 0.338 e. The SMILES string of the molecule is CCN1C[C@]2(COC)C(O)CC(OC)[C@@]34[C@@H]5C[C@@]6(O)C(OC)C(O)[C@@](OC(C)=O)([C@H]5C6OC(=O)c5ccccc5)[C@@H](C(OC)[C@H]23)[C@@H]14. The molecule has 1 saturated heterocycles. The van der Waals surface area contributed by atoms with Gasteiger partial charge in [-0.25, -0.2) is 4.79 Å². The van der Waals surface area contributed by atoms with Gasteiger partial charge in [-0.2, -0.15) is 0 Å². The number of fused-ring (bicyclic) bond motifs is 2. The molecule has 3 N–H and O–H groups in total. The summed E-state index contributed by atoms with van der Waals surface area (Å²) in [6.45, 7) is 4.68. The molecule has 5 aliphatic carbocycles. The van der Waals surface area contributed by atoms with Gasteiger partial charge in [0.25, 0.3) is 0 Å². The third-order valence-corrected chi connectivity index (χ3v) is 13.2. The van der Waals surface area contributed by atoms with Crippen LogP contribution in [0.25, 0.3) is 0 Å². The maximum absolute atomic E-state index is 13.8. The highest BCUT2D eigenvalue weighted by Crippen LogP contribution is 2.80. The normalized spacial score (nSPS) is 49.9. The molecule has 5 saturated carbocycles. The number of rotatable bonds is 9. The number of aliphatic hydroxyl groups is 3. The van der Waals surface area contributed by atoms with Gasteiger partial charge in [-0.15, -0.1) is 0 Å². The van der Waals surface area contributed by atoms with Gasteiger partial charge in [-0.3, -0.25) is 9.69 Å². The smallest absolute Gasteiger partial charge is 0.338 e. The van der Waals surface area contributed by atoms with E-state index < -0.39 is 88.3 Å². The largest absolute Gasteiger partial charge is 0.455 e. The number of hydrogen-bond acceptors (Lipinski definition) is 12. The molecule has 0 amide bonds. The van der Waals surface area contributed by atoms with Gasteiger partial charge in [-0.05, 0) is 31.0 Å². The van der Waals surface area contributed by atoms with E-state index in [1.165, 1.54) is 14.0 Å². The molecule has 12 heteroatoms. The van der Waals surface area contributed by atoms with Crippen molar-refractivity contribution in [2.45, 2.75) is 80.6 Å². The van der Waals surface area contributed by atoms with Crippen LogP contribution in [0.15, 0.2) is 30.3 Å². The first-order valence-electron chi connectivity index (χ1n) is 16.3. The maximum atomic E-state index is 13.8. The van der Waals surface area contributed by atoms with E-state index in [9.17, 15) is 24.9 Å². The predicted octanol–water partition coefficient (Wildman–Crippen LogP) is 0.648. The first-order chi connectivity index (χ1) is 22.0. The summed E-state index contributed by atoms with van der Waals surface area (Å²) in [4.78, 5) is 29.3. The summed E-state index contributed by atoms with van der Waals surface area (Å²) >= 11 is 0. The molecule has 0 radical (unpaired) electrons. The molecule has 12 nitrogen and oxygen atoms in total. The van der Waals surface area contributed by atoms with Crippen molar-refractivity contribution < 1.29 is 53.3 Å². The fourth-order valence-corrected chi connectivity index (χ4v) is 12.3. The van der Waals surface area contributed by atoms with Crippen LogP contribution in [-0.4, -0.2) is 134 Å². The van der Waals surface area contributed by atoms with Crippen molar-refractivity contribution in [3.05, 3.63) is 35.9 Å². The van der Waals surface area contributed by atoms with Crippen LogP contribution >= 0.6 is 0 Å². The minimum Gasteiger partial charge on any atom is -0.455 e. The highest BCUT2D eigenvalue weighted by atomic mass is 16.6. The van der Waals surface area contributed by atoms with Crippen molar-refractivity contribution in [2.24, 2.45) is 34.5 Å². The van der Waals surface area contributed by atoms with E-state index in [4.69, 9.17) is 28.4 Å². The Labute approximate surface area is 269 Å². The predicted molar refractivity (Wildman–Crippen MR) is 160 cm³/mol. The Morgan fingerprint density at radius 3 is 2.30 bits per heavy atom. The van der Waals surface area contributed by atoms with Crippen molar-refractivity contribution in [1.29, 1.82) is 0 Å². The highest BCUT2D eigenvalue weighted by molar-refractivity contribution is 5.89. The lowest BCUT2D eigenvalue weighted by Gasteiger charge is -2.70. The summed E-state index contributed by atoms with van der Waals surface area (Å²) < 4.78 is 37.4. The average Bonchev–Trinajstić information content (AvgIpc) is 3.41. The average molecular weight is 646 g/mol. The van der Waals surface area contributed by atoms with E-state index in [1.807, 2.05) is 6.92 Å². The van der Waals surface area contributed by atoms with Gasteiger partial charge >= 0.3 is 11.9 Å². The van der Waals surface area contributed by atoms with Gasteiger partial charge in [0.15, 0.2) is 5.60 Å². The fourth-order valence-electron chi connectivity index (χ4n) is 12.3. The molecule has 1 aromatic rings. The molecule has 7 bridgehead atoms. The summed E-state index contributed by atoms with van der Waals surface area (Å²) in [6.07, 6.45) is -5.49. The molecule has 1 aromatic carbocycles. The van der Waals surface area contributed by atoms with Crippen LogP contribution in [-0.2, 0) is 33.2 Å². The van der Waals surface area contributed by atoms with Gasteiger partial charge in [-0.1, -0.05) is 25.1 Å². The number of piperidine rings is 1. The molecular formula is C34H47NO11. The summed E-state index contributed by atoms with van der Waals surface area (Å²) in [7, 11) is 6.27. The minimum absolute atomic E-state index is 0.0791. The molecular weight excluding hydrogens is 598 g/mol. The Bertz CT molecular complexity index is 1360. The second kappa shape index (κ2) is 10.9. The van der Waals surface area contributed by atoms with Crippen LogP contribution in [0.2, 0.25) is 0 Å². The molecule has 6 unspecified atom stereocenters. The van der Waals surface area contributed by atoms with Gasteiger partial charge in [0.1, 0.15) is 23.9 Å². The standard InChI is InChI=1S/C34H47NO11/c1-7-35-15-31(16-41-3)20(37)13-21(42-4)33-19-14-32(40)28(45-30(39)18-11-9-8-10-12-18)22(19)34(46-17(2)36,27(38)29(32)44-6)23(26(33)35)24(43-5)25(31)33/h8-12,19-29,37-38,40H,7,13-16H2,1-6H3/t19-,20?,21?,22-,23+,24?,25-,26-,27?,28?,29?,31+,32+,33+,34-/m1/s1. The van der Waals surface area contributed by atoms with E-state index in [2.05, 4.69) is 4.90 Å². The molecule has 6 aliphatic rings. The minimum atomic E-state index is -1.83. The van der Waals surface area contributed by atoms with Crippen LogP contribution in [0.3, 0.4) is 0 Å². The van der Waals surface area contributed by atoms with Crippen molar-refractivity contribution in [3.8, 4) is 0 Å². The zero-order chi connectivity index (χ0) is 33.0. The molecule has 6 fully saturated rings. The van der Waals surface area contributed by atoms with E-state index >= 15 is 0 Å². The van der Waals surface area contributed by atoms with Crippen molar-refractivity contribution in [3.63, 3.8) is 0 Å². The number of aliphatic hydroxyl groups excluding tert-OH is 2. The number of hydrogen-bond donors (Lipinski definition) is 3. The number of ether oxygens (including phenoxy) is 6. The zero-order valence-electron chi connectivity index (χ0n) is 27.3. The summed E-state index contributed by atoms with van der Waals surface area (Å²) in [6, 6.07) is 8.18. The number of carbonyl (C=O) groups excluding carboxylic acids is 2. The van der Waals surface area contributed by atoms with Gasteiger partial charge in [0.2, 0.25) is 0 Å². The van der Waals surface area contributed by atoms with Crippen LogP contribution < -0.4 is 0 Å². The Morgan fingerprint density at radius 1 is 1.00 bits per heavy atom. The Balaban J connectivity index is 1.53. The number of likely N-dealkylation sites (tertiary alicyclic amines) is 1. The van der Waals surface area contributed by atoms with Crippen LogP contribution in [0.4, 0.5) is 0 Å². The summed E-state index contributed by atoms with van der Waals surface area (Å²) in [5, 5.41) is 37.3. The number of esters is 2. The van der Waals surface area contributed by atoms with Crippen molar-refractivity contribution >= 4 is 11.9 Å². The molecule has 1 spiro atoms. The summed E-state index contributed by atoms with van der Waals surface area (Å²) in [5.74, 6) is -3.65. The Hall–Kier alpha value is -2.16. The first-order valence-corrected chi connectivity index (χ1v) is 16.3. The van der Waals surface area contributed by atoms with Crippen molar-refractivity contribution in [2.75, 3.05) is 48.1 Å². The number of benzene rings is 1. The molecule has 1 heterocycles. The third kappa shape index (κ3) is 3.62. The quantitative estimate of drug-likeness (QED) is 0.323. The Kier molecular flexibility index (Phi) is 7.69. The second-order valence-electron chi connectivity index (χ2n) is 14.4. The molecule has 254 valence electrons. The molecule has 0 aromatic heterocycles. The molecule has 1 aliphatic heterocycles. The lowest BCUT2D eigenvalue weighted by Crippen LogP contribution is -2.81. The van der Waals surface area contributed by atoms with E-state index in [0.717, 1.165) is 0 Å². The van der Waals surface area contributed by atoms with E-state index in [-0.39, 0.29) is 25.0 Å². The van der Waals surface area contributed by atoms with Gasteiger partial charge < -0.3 is 43.7 Å². The lowest BCUT2D eigenvalue weighted by atomic mass is 9.42. The van der Waals surface area contributed by atoms with E-state index in [0.29, 0.717) is 25.1 Å². The molecule has 15 atom stereocenters. The van der Waals surface area contributed by atoms with Gasteiger partial charge in [0.05, 0.1) is 30.5 Å². The topological polar surface area (TPSA) is 153 Å². The van der Waals surface area contributed by atoms with Crippen LogP contribution in [0, 0.1) is 34.5 Å². The Morgan fingerprint density at radius 2 is 1.72 bits per heavy atom. The molecule has 7 rings (SSSR count). The number of methoxy groups -OCH3 is 4. The monoisotopic (exact) mass is 645 g/mol. The zero-order valence-corrected chi connectivity index (χ0v) is 27.3. The van der Waals surface area contributed by atoms with Gasteiger partial charge in [0, 0.05) is 83.0 Å². The van der Waals surface area contributed by atoms with Crippen LogP contribution in [0.1, 0.15) is 37.0 Å². The third-order valence-electron chi connectivity index (χ3n) is 13.2. The fraction of sp³-hybridized carbons (Fsp3) is 0.765. The number of nitrogens with zero attached hydrogens (tertiary/aromatic N) is 1. The van der Waals surface area contributed by atoms with Crippen LogP contribution in [0.5, 0.6) is 0 Å². The highest BCUT2D eigenvalue weighted by Gasteiger charge is 2.92.